The second-order valence-corrected chi connectivity index (χ2v) is 9.34. The van der Waals surface area contributed by atoms with Crippen LogP contribution >= 0.6 is 15.9 Å². The minimum Gasteiger partial charge on any atom is -0.497 e. The molecule has 0 bridgehead atoms. The fourth-order valence-electron chi connectivity index (χ4n) is 4.73. The number of aromatic nitrogens is 2. The molecular formula is C29H22BrN3O3. The monoisotopic (exact) mass is 539 g/mol. The van der Waals surface area contributed by atoms with Crippen molar-refractivity contribution >= 4 is 38.2 Å². The van der Waals surface area contributed by atoms with Gasteiger partial charge in [-0.1, -0.05) is 52.3 Å². The van der Waals surface area contributed by atoms with Gasteiger partial charge in [0.15, 0.2) is 0 Å². The predicted molar refractivity (Wildman–Crippen MR) is 144 cm³/mol. The Morgan fingerprint density at radius 3 is 2.50 bits per heavy atom. The maximum absolute atomic E-state index is 6.50. The number of fused-ring (bicyclic) bond motifs is 4. The average Bonchev–Trinajstić information content (AvgIpc) is 2.92. The van der Waals surface area contributed by atoms with Gasteiger partial charge in [0.25, 0.3) is 0 Å². The lowest BCUT2D eigenvalue weighted by molar-refractivity contribution is 0.394. The Balaban J connectivity index is 1.62. The van der Waals surface area contributed by atoms with E-state index in [1.54, 1.807) is 14.2 Å². The van der Waals surface area contributed by atoms with Gasteiger partial charge in [0.2, 0.25) is 5.88 Å². The van der Waals surface area contributed by atoms with Crippen molar-refractivity contribution in [2.45, 2.75) is 5.92 Å². The van der Waals surface area contributed by atoms with Gasteiger partial charge in [0, 0.05) is 26.7 Å². The summed E-state index contributed by atoms with van der Waals surface area (Å²) in [7, 11) is 3.34. The second-order valence-electron chi connectivity index (χ2n) is 8.42. The Kier molecular flexibility index (Phi) is 5.70. The van der Waals surface area contributed by atoms with Crippen molar-refractivity contribution in [3.63, 3.8) is 0 Å². The molecule has 0 fully saturated rings. The smallest absolute Gasteiger partial charge is 0.228 e. The van der Waals surface area contributed by atoms with Crippen LogP contribution in [0.3, 0.4) is 0 Å². The molecule has 1 atom stereocenters. The van der Waals surface area contributed by atoms with Gasteiger partial charge in [-0.3, -0.25) is 0 Å². The molecule has 0 aliphatic carbocycles. The molecule has 1 aliphatic rings. The summed E-state index contributed by atoms with van der Waals surface area (Å²) in [4.78, 5) is 9.20. The summed E-state index contributed by atoms with van der Waals surface area (Å²) >= 11 is 3.50. The number of hydrogen-bond donors (Lipinski definition) is 1. The zero-order valence-corrected chi connectivity index (χ0v) is 21.2. The zero-order chi connectivity index (χ0) is 24.6. The lowest BCUT2D eigenvalue weighted by atomic mass is 9.82. The van der Waals surface area contributed by atoms with Crippen molar-refractivity contribution in [1.82, 2.24) is 9.97 Å². The molecule has 4 aromatic carbocycles. The van der Waals surface area contributed by atoms with E-state index in [1.807, 2.05) is 54.6 Å². The summed E-state index contributed by atoms with van der Waals surface area (Å²) in [5.41, 5.74) is 3.67. The minimum atomic E-state index is -0.266. The first kappa shape index (κ1) is 22.4. The van der Waals surface area contributed by atoms with Crippen LogP contribution in [0.4, 0.5) is 11.5 Å². The highest BCUT2D eigenvalue weighted by Crippen LogP contribution is 2.53. The summed E-state index contributed by atoms with van der Waals surface area (Å²) in [5, 5.41) is 5.59. The van der Waals surface area contributed by atoms with Crippen LogP contribution in [-0.2, 0) is 0 Å². The number of methoxy groups -OCH3 is 2. The van der Waals surface area contributed by atoms with E-state index in [4.69, 9.17) is 14.2 Å². The fraction of sp³-hybridized carbons (Fsp3) is 0.103. The number of nitrogens with zero attached hydrogens (tertiary/aromatic N) is 2. The first-order valence-electron chi connectivity index (χ1n) is 11.4. The summed E-state index contributed by atoms with van der Waals surface area (Å²) in [6.45, 7) is 0. The summed E-state index contributed by atoms with van der Waals surface area (Å²) in [6.07, 6.45) is 1.52. The summed E-state index contributed by atoms with van der Waals surface area (Å²) in [6, 6.07) is 26.2. The molecule has 0 amide bonds. The number of ether oxygens (including phenoxy) is 3. The topological polar surface area (TPSA) is 65.5 Å². The molecule has 1 N–H and O–H groups in total. The van der Waals surface area contributed by atoms with Crippen molar-refractivity contribution < 1.29 is 14.2 Å². The molecule has 0 saturated carbocycles. The van der Waals surface area contributed by atoms with Crippen molar-refractivity contribution in [2.75, 3.05) is 19.5 Å². The van der Waals surface area contributed by atoms with E-state index >= 15 is 0 Å². The lowest BCUT2D eigenvalue weighted by Gasteiger charge is -2.31. The quantitative estimate of drug-likeness (QED) is 0.245. The highest BCUT2D eigenvalue weighted by atomic mass is 79.9. The molecule has 7 heteroatoms. The van der Waals surface area contributed by atoms with Crippen LogP contribution in [0.5, 0.6) is 23.1 Å². The van der Waals surface area contributed by atoms with E-state index in [0.29, 0.717) is 11.7 Å². The van der Waals surface area contributed by atoms with E-state index in [-0.39, 0.29) is 5.92 Å². The van der Waals surface area contributed by atoms with Crippen molar-refractivity contribution in [3.05, 3.63) is 106 Å². The van der Waals surface area contributed by atoms with Crippen LogP contribution in [0.2, 0.25) is 0 Å². The van der Waals surface area contributed by atoms with Crippen molar-refractivity contribution in [2.24, 2.45) is 0 Å². The van der Waals surface area contributed by atoms with Gasteiger partial charge in [-0.2, -0.15) is 0 Å². The Bertz CT molecular complexity index is 1590. The number of benzene rings is 4. The second kappa shape index (κ2) is 9.17. The maximum Gasteiger partial charge on any atom is 0.228 e. The van der Waals surface area contributed by atoms with Crippen molar-refractivity contribution in [3.8, 4) is 23.1 Å². The van der Waals surface area contributed by atoms with Gasteiger partial charge in [0.1, 0.15) is 29.4 Å². The number of halogens is 1. The van der Waals surface area contributed by atoms with E-state index < -0.39 is 0 Å². The van der Waals surface area contributed by atoms with Crippen LogP contribution < -0.4 is 19.5 Å². The SMILES string of the molecule is COc1ccc(OC)c(C2c3ccc4ccccc4c3Oc3ncnc(Nc4ccc(Br)cc4)c32)c1. The third-order valence-electron chi connectivity index (χ3n) is 6.41. The highest BCUT2D eigenvalue weighted by molar-refractivity contribution is 9.10. The molecule has 178 valence electrons. The fourth-order valence-corrected chi connectivity index (χ4v) is 5.00. The maximum atomic E-state index is 6.50. The van der Waals surface area contributed by atoms with Crippen LogP contribution in [0.15, 0.2) is 89.7 Å². The highest BCUT2D eigenvalue weighted by Gasteiger charge is 2.36. The average molecular weight is 540 g/mol. The molecule has 0 radical (unpaired) electrons. The van der Waals surface area contributed by atoms with E-state index in [9.17, 15) is 0 Å². The van der Waals surface area contributed by atoms with Crippen LogP contribution in [0.25, 0.3) is 10.8 Å². The largest absolute Gasteiger partial charge is 0.497 e. The molecule has 5 aromatic rings. The molecule has 1 aromatic heterocycles. The van der Waals surface area contributed by atoms with Gasteiger partial charge < -0.3 is 19.5 Å². The molecule has 6 rings (SSSR count). The number of nitrogens with one attached hydrogen (secondary N) is 1. The standard InChI is InChI=1S/C29H22BrN3O3/c1-34-20-12-14-24(35-2)23(15-20)25-22-13-7-17-5-3-4-6-21(17)27(22)36-29-26(25)28(31-16-32-29)33-19-10-8-18(30)9-11-19/h3-16,25H,1-2H3,(H,31,32,33). The summed E-state index contributed by atoms with van der Waals surface area (Å²) < 4.78 is 18.9. The molecule has 36 heavy (non-hydrogen) atoms. The van der Waals surface area contributed by atoms with Crippen molar-refractivity contribution in [1.29, 1.82) is 0 Å². The summed E-state index contributed by atoms with van der Waals surface area (Å²) in [5.74, 6) is 3.16. The van der Waals surface area contributed by atoms with Gasteiger partial charge in [-0.05, 0) is 47.9 Å². The van der Waals surface area contributed by atoms with E-state index in [1.165, 1.54) is 6.33 Å². The Morgan fingerprint density at radius 1 is 0.861 bits per heavy atom. The Labute approximate surface area is 217 Å². The number of rotatable bonds is 5. The minimum absolute atomic E-state index is 0.266. The van der Waals surface area contributed by atoms with E-state index in [2.05, 4.69) is 55.5 Å². The molecule has 1 aliphatic heterocycles. The molecule has 6 nitrogen and oxygen atoms in total. The Hall–Kier alpha value is -4.10. The molecule has 1 unspecified atom stereocenters. The molecule has 2 heterocycles. The molecule has 0 saturated heterocycles. The van der Waals surface area contributed by atoms with Gasteiger partial charge in [-0.15, -0.1) is 0 Å². The predicted octanol–water partition coefficient (Wildman–Crippen LogP) is 7.44. The first-order chi connectivity index (χ1) is 17.7. The third kappa shape index (κ3) is 3.82. The van der Waals surface area contributed by atoms with Gasteiger partial charge in [0.05, 0.1) is 25.7 Å². The molecule has 0 spiro atoms. The third-order valence-corrected chi connectivity index (χ3v) is 6.94. The first-order valence-corrected chi connectivity index (χ1v) is 12.2. The van der Waals surface area contributed by atoms with Crippen LogP contribution in [0, 0.1) is 0 Å². The normalized spacial score (nSPS) is 13.9. The number of hydrogen-bond acceptors (Lipinski definition) is 6. The van der Waals surface area contributed by atoms with E-state index in [0.717, 1.165) is 54.9 Å². The molecular weight excluding hydrogens is 518 g/mol. The van der Waals surface area contributed by atoms with Crippen LogP contribution in [0.1, 0.15) is 22.6 Å². The number of anilines is 2. The zero-order valence-electron chi connectivity index (χ0n) is 19.7. The lowest BCUT2D eigenvalue weighted by Crippen LogP contribution is -2.17. The van der Waals surface area contributed by atoms with Gasteiger partial charge in [-0.25, -0.2) is 9.97 Å². The van der Waals surface area contributed by atoms with Crippen LogP contribution in [-0.4, -0.2) is 24.2 Å². The van der Waals surface area contributed by atoms with Gasteiger partial charge >= 0.3 is 0 Å². The Morgan fingerprint density at radius 2 is 1.69 bits per heavy atom.